The summed E-state index contributed by atoms with van der Waals surface area (Å²) in [6.45, 7) is 8.06. The first-order valence-electron chi connectivity index (χ1n) is 5.67. The Morgan fingerprint density at radius 2 is 1.94 bits per heavy atom. The summed E-state index contributed by atoms with van der Waals surface area (Å²) in [5.74, 6) is 0.285. The van der Waals surface area contributed by atoms with E-state index < -0.39 is 0 Å². The van der Waals surface area contributed by atoms with E-state index in [1.54, 1.807) is 16.7 Å². The van der Waals surface area contributed by atoms with Crippen molar-refractivity contribution in [1.29, 1.82) is 0 Å². The van der Waals surface area contributed by atoms with Crippen LogP contribution in [0.1, 0.15) is 39.3 Å². The molecule has 2 aromatic heterocycles. The number of hydrogen-bond acceptors (Lipinski definition) is 2. The molecule has 0 saturated carbocycles. The monoisotopic (exact) mass is 218 g/mol. The highest BCUT2D eigenvalue weighted by molar-refractivity contribution is 5.38. The van der Waals surface area contributed by atoms with Gasteiger partial charge in [-0.05, 0) is 18.1 Å². The minimum absolute atomic E-state index is 0.0145. The number of pyridine rings is 1. The van der Waals surface area contributed by atoms with Gasteiger partial charge >= 0.3 is 0 Å². The second-order valence-electron chi connectivity index (χ2n) is 3.60. The van der Waals surface area contributed by atoms with E-state index in [1.165, 1.54) is 0 Å². The summed E-state index contributed by atoms with van der Waals surface area (Å²) in [5.41, 5.74) is 1.55. The van der Waals surface area contributed by atoms with Gasteiger partial charge in [-0.15, -0.1) is 0 Å². The van der Waals surface area contributed by atoms with Crippen LogP contribution in [0, 0.1) is 0 Å². The third kappa shape index (κ3) is 2.48. The minimum Gasteiger partial charge on any atom is -0.269 e. The molecule has 0 atom stereocenters. The minimum atomic E-state index is -0.0145. The predicted molar refractivity (Wildman–Crippen MR) is 66.9 cm³/mol. The van der Waals surface area contributed by atoms with Gasteiger partial charge in [0.15, 0.2) is 0 Å². The zero-order valence-electron chi connectivity index (χ0n) is 10.3. The van der Waals surface area contributed by atoms with Crippen molar-refractivity contribution >= 4 is 5.65 Å². The molecule has 0 saturated heterocycles. The third-order valence-electron chi connectivity index (χ3n) is 2.18. The van der Waals surface area contributed by atoms with E-state index in [4.69, 9.17) is 0 Å². The summed E-state index contributed by atoms with van der Waals surface area (Å²) < 4.78 is 1.55. The lowest BCUT2D eigenvalue weighted by molar-refractivity contribution is 0.812. The van der Waals surface area contributed by atoms with Crippen molar-refractivity contribution < 1.29 is 0 Å². The van der Waals surface area contributed by atoms with Crippen LogP contribution in [0.25, 0.3) is 5.65 Å². The summed E-state index contributed by atoms with van der Waals surface area (Å²) in [4.78, 5) is 16.0. The molecule has 3 heteroatoms. The maximum Gasteiger partial charge on any atom is 0.258 e. The van der Waals surface area contributed by atoms with Gasteiger partial charge < -0.3 is 0 Å². The highest BCUT2D eigenvalue weighted by Gasteiger charge is 2.04. The van der Waals surface area contributed by atoms with Crippen molar-refractivity contribution in [3.05, 3.63) is 46.5 Å². The standard InChI is InChI=1S/C11H12N2O.C2H6/c1-8(2)9-7-11(14)13-6-4-3-5-10(13)12-9;1-2/h3-8H,1-2H3;1-2H3. The first kappa shape index (κ1) is 12.4. The molecule has 0 aliphatic heterocycles. The number of rotatable bonds is 1. The highest BCUT2D eigenvalue weighted by atomic mass is 16.1. The smallest absolute Gasteiger partial charge is 0.258 e. The first-order valence-corrected chi connectivity index (χ1v) is 5.67. The third-order valence-corrected chi connectivity index (χ3v) is 2.18. The Hall–Kier alpha value is -1.64. The van der Waals surface area contributed by atoms with Crippen LogP contribution in [0.2, 0.25) is 0 Å². The number of hydrogen-bond donors (Lipinski definition) is 0. The van der Waals surface area contributed by atoms with Gasteiger partial charge in [0, 0.05) is 12.3 Å². The molecule has 0 bridgehead atoms. The molecule has 3 nitrogen and oxygen atoms in total. The lowest BCUT2D eigenvalue weighted by Crippen LogP contribution is -2.15. The van der Waals surface area contributed by atoms with Gasteiger partial charge in [0.2, 0.25) is 0 Å². The van der Waals surface area contributed by atoms with Crippen molar-refractivity contribution in [1.82, 2.24) is 9.38 Å². The summed E-state index contributed by atoms with van der Waals surface area (Å²) in [7, 11) is 0. The number of fused-ring (bicyclic) bond motifs is 1. The van der Waals surface area contributed by atoms with Gasteiger partial charge in [0.05, 0.1) is 5.69 Å². The molecule has 86 valence electrons. The molecule has 0 N–H and O–H groups in total. The van der Waals surface area contributed by atoms with Crippen molar-refractivity contribution in [2.24, 2.45) is 0 Å². The van der Waals surface area contributed by atoms with Crippen molar-refractivity contribution in [3.8, 4) is 0 Å². The fourth-order valence-electron chi connectivity index (χ4n) is 1.37. The molecule has 2 rings (SSSR count). The van der Waals surface area contributed by atoms with Crippen LogP contribution in [0.5, 0.6) is 0 Å². The Labute approximate surface area is 95.8 Å². The van der Waals surface area contributed by atoms with E-state index >= 15 is 0 Å². The summed E-state index contributed by atoms with van der Waals surface area (Å²) in [6.07, 6.45) is 1.73. The number of aromatic nitrogens is 2. The van der Waals surface area contributed by atoms with Crippen molar-refractivity contribution in [3.63, 3.8) is 0 Å². The molecule has 0 aliphatic carbocycles. The Morgan fingerprint density at radius 3 is 2.56 bits per heavy atom. The van der Waals surface area contributed by atoms with E-state index in [1.807, 2.05) is 45.9 Å². The van der Waals surface area contributed by atoms with Crippen LogP contribution in [-0.2, 0) is 0 Å². The summed E-state index contributed by atoms with van der Waals surface area (Å²) in [6, 6.07) is 7.14. The maximum absolute atomic E-state index is 11.6. The molecule has 0 amide bonds. The van der Waals surface area contributed by atoms with Crippen LogP contribution >= 0.6 is 0 Å². The highest BCUT2D eigenvalue weighted by Crippen LogP contribution is 2.09. The van der Waals surface area contributed by atoms with E-state index in [2.05, 4.69) is 4.98 Å². The zero-order chi connectivity index (χ0) is 12.1. The van der Waals surface area contributed by atoms with Crippen LogP contribution in [0.15, 0.2) is 35.3 Å². The lowest BCUT2D eigenvalue weighted by atomic mass is 10.1. The topological polar surface area (TPSA) is 34.4 Å². The van der Waals surface area contributed by atoms with E-state index in [-0.39, 0.29) is 11.5 Å². The Bertz CT molecular complexity index is 515. The van der Waals surface area contributed by atoms with Crippen LogP contribution < -0.4 is 5.56 Å². The van der Waals surface area contributed by atoms with Crippen LogP contribution in [-0.4, -0.2) is 9.38 Å². The van der Waals surface area contributed by atoms with E-state index in [9.17, 15) is 4.79 Å². The van der Waals surface area contributed by atoms with Crippen molar-refractivity contribution in [2.75, 3.05) is 0 Å². The predicted octanol–water partition coefficient (Wildman–Crippen LogP) is 2.84. The molecule has 0 aliphatic rings. The van der Waals surface area contributed by atoms with Crippen LogP contribution in [0.4, 0.5) is 0 Å². The van der Waals surface area contributed by atoms with Gasteiger partial charge in [0.25, 0.3) is 5.56 Å². The van der Waals surface area contributed by atoms with Gasteiger partial charge in [-0.25, -0.2) is 4.98 Å². The SMILES string of the molecule is CC.CC(C)c1cc(=O)n2ccccc2n1. The maximum atomic E-state index is 11.6. The molecular weight excluding hydrogens is 200 g/mol. The van der Waals surface area contributed by atoms with Gasteiger partial charge in [-0.1, -0.05) is 33.8 Å². The average Bonchev–Trinajstić information content (AvgIpc) is 2.31. The fourth-order valence-corrected chi connectivity index (χ4v) is 1.37. The normalized spacial score (nSPS) is 10.1. The second-order valence-corrected chi connectivity index (χ2v) is 3.60. The molecular formula is C13H18N2O. The van der Waals surface area contributed by atoms with Crippen molar-refractivity contribution in [2.45, 2.75) is 33.6 Å². The number of nitrogens with zero attached hydrogens (tertiary/aromatic N) is 2. The summed E-state index contributed by atoms with van der Waals surface area (Å²) in [5, 5.41) is 0. The zero-order valence-corrected chi connectivity index (χ0v) is 10.3. The molecule has 2 heterocycles. The van der Waals surface area contributed by atoms with Crippen LogP contribution in [0.3, 0.4) is 0 Å². The molecule has 2 aromatic rings. The molecule has 0 unspecified atom stereocenters. The van der Waals surface area contributed by atoms with Gasteiger partial charge in [0.1, 0.15) is 5.65 Å². The van der Waals surface area contributed by atoms with E-state index in [0.29, 0.717) is 5.65 Å². The first-order chi connectivity index (χ1) is 7.68. The summed E-state index contributed by atoms with van der Waals surface area (Å²) >= 11 is 0. The van der Waals surface area contributed by atoms with Gasteiger partial charge in [-0.3, -0.25) is 9.20 Å². The quantitative estimate of drug-likeness (QED) is 0.737. The molecule has 16 heavy (non-hydrogen) atoms. The lowest BCUT2D eigenvalue weighted by Gasteiger charge is -2.05. The molecule has 0 aromatic carbocycles. The average molecular weight is 218 g/mol. The molecule has 0 radical (unpaired) electrons. The largest absolute Gasteiger partial charge is 0.269 e. The Balaban J connectivity index is 0.000000606. The van der Waals surface area contributed by atoms with E-state index in [0.717, 1.165) is 5.69 Å². The Morgan fingerprint density at radius 1 is 1.25 bits per heavy atom. The second kappa shape index (κ2) is 5.45. The molecule has 0 spiro atoms. The van der Waals surface area contributed by atoms with Gasteiger partial charge in [-0.2, -0.15) is 0 Å². The fraction of sp³-hybridized carbons (Fsp3) is 0.385. The molecule has 0 fully saturated rings. The Kier molecular flexibility index (Phi) is 4.23.